The molecule has 0 spiro atoms. The van der Waals surface area contributed by atoms with E-state index in [-0.39, 0.29) is 0 Å². The Morgan fingerprint density at radius 2 is 1.59 bits per heavy atom. The van der Waals surface area contributed by atoms with Crippen molar-refractivity contribution in [3.05, 3.63) is 77.9 Å². The maximum Gasteiger partial charge on any atom is 0.0408 e. The van der Waals surface area contributed by atoms with Gasteiger partial charge >= 0.3 is 0 Å². The van der Waals surface area contributed by atoms with Gasteiger partial charge in [-0.2, -0.15) is 0 Å². The van der Waals surface area contributed by atoms with Gasteiger partial charge in [0.05, 0.1) is 0 Å². The highest BCUT2D eigenvalue weighted by Gasteiger charge is 2.42. The van der Waals surface area contributed by atoms with Crippen molar-refractivity contribution >= 4 is 16.9 Å². The number of nitrogens with zero attached hydrogens (tertiary/aromatic N) is 1. The lowest BCUT2D eigenvalue weighted by Crippen LogP contribution is -2.35. The first-order valence-corrected chi connectivity index (χ1v) is 10.3. The van der Waals surface area contributed by atoms with E-state index in [1.807, 2.05) is 0 Å². The summed E-state index contributed by atoms with van der Waals surface area (Å²) in [6.07, 6.45) is 11.3. The van der Waals surface area contributed by atoms with Gasteiger partial charge in [-0.1, -0.05) is 68.3 Å². The van der Waals surface area contributed by atoms with Gasteiger partial charge in [-0.05, 0) is 66.5 Å². The summed E-state index contributed by atoms with van der Waals surface area (Å²) in [4.78, 5) is 2.26. The number of hydrogen-bond donors (Lipinski definition) is 0. The SMILES string of the molecule is CCCC1(C)CC2C=CC1C(c1ccc(N(C)c3ccc(C)cc3)cc1)=C2. The lowest BCUT2D eigenvalue weighted by molar-refractivity contribution is 0.188. The number of rotatable bonds is 5. The van der Waals surface area contributed by atoms with Gasteiger partial charge < -0.3 is 4.90 Å². The molecule has 3 unspecified atom stereocenters. The molecule has 3 aliphatic carbocycles. The molecule has 1 nitrogen and oxygen atoms in total. The zero-order valence-corrected chi connectivity index (χ0v) is 17.1. The number of anilines is 2. The van der Waals surface area contributed by atoms with Crippen LogP contribution in [0.25, 0.3) is 5.57 Å². The maximum absolute atomic E-state index is 2.51. The first-order chi connectivity index (χ1) is 13.0. The molecule has 1 heteroatoms. The molecule has 3 aliphatic rings. The molecule has 0 heterocycles. The highest BCUT2D eigenvalue weighted by Crippen LogP contribution is 2.53. The smallest absolute Gasteiger partial charge is 0.0408 e. The van der Waals surface area contributed by atoms with E-state index in [2.05, 4.69) is 99.5 Å². The van der Waals surface area contributed by atoms with Gasteiger partial charge in [0.2, 0.25) is 0 Å². The molecule has 0 fully saturated rings. The summed E-state index contributed by atoms with van der Waals surface area (Å²) in [6.45, 7) is 6.94. The number of allylic oxidation sites excluding steroid dienone is 4. The first-order valence-electron chi connectivity index (χ1n) is 10.3. The van der Waals surface area contributed by atoms with Crippen molar-refractivity contribution in [3.8, 4) is 0 Å². The lowest BCUT2D eigenvalue weighted by Gasteiger charge is -2.46. The molecular weight excluding hydrogens is 326 g/mol. The standard InChI is InChI=1S/C26H31N/c1-5-16-26(3)18-20-8-15-25(26)24(17-20)21-9-13-23(14-10-21)27(4)22-11-6-19(2)7-12-22/h6-15,17,20,25H,5,16,18H2,1-4H3. The van der Waals surface area contributed by atoms with Crippen LogP contribution < -0.4 is 4.90 Å². The number of aryl methyl sites for hydroxylation is 1. The summed E-state index contributed by atoms with van der Waals surface area (Å²) in [6, 6.07) is 17.9. The van der Waals surface area contributed by atoms with Gasteiger partial charge in [0.25, 0.3) is 0 Å². The molecule has 0 saturated carbocycles. The minimum atomic E-state index is 0.412. The highest BCUT2D eigenvalue weighted by atomic mass is 15.1. The first kappa shape index (κ1) is 18.1. The molecule has 2 bridgehead atoms. The Balaban J connectivity index is 1.58. The number of benzene rings is 2. The van der Waals surface area contributed by atoms with Crippen LogP contribution in [-0.2, 0) is 0 Å². The number of fused-ring (bicyclic) bond motifs is 1. The molecule has 0 aromatic heterocycles. The minimum absolute atomic E-state index is 0.412. The van der Waals surface area contributed by atoms with Crippen molar-refractivity contribution < 1.29 is 0 Å². The van der Waals surface area contributed by atoms with Crippen molar-refractivity contribution in [2.45, 2.75) is 40.0 Å². The van der Waals surface area contributed by atoms with Crippen LogP contribution >= 0.6 is 0 Å². The Kier molecular flexibility index (Phi) is 4.72. The van der Waals surface area contributed by atoms with Crippen molar-refractivity contribution in [2.24, 2.45) is 17.3 Å². The average Bonchev–Trinajstić information content (AvgIpc) is 2.68. The van der Waals surface area contributed by atoms with Crippen LogP contribution in [0.15, 0.2) is 66.8 Å². The van der Waals surface area contributed by atoms with Gasteiger partial charge in [0, 0.05) is 24.3 Å². The molecule has 0 aliphatic heterocycles. The van der Waals surface area contributed by atoms with Crippen molar-refractivity contribution in [1.29, 1.82) is 0 Å². The van der Waals surface area contributed by atoms with Gasteiger partial charge in [-0.3, -0.25) is 0 Å². The van der Waals surface area contributed by atoms with Crippen molar-refractivity contribution in [1.82, 2.24) is 0 Å². The third-order valence-electron chi connectivity index (χ3n) is 6.56. The Labute approximate surface area is 164 Å². The molecule has 0 N–H and O–H groups in total. The second-order valence-electron chi connectivity index (χ2n) is 8.70. The van der Waals surface area contributed by atoms with E-state index in [0.29, 0.717) is 17.3 Å². The average molecular weight is 358 g/mol. The summed E-state index contributed by atoms with van der Waals surface area (Å²) in [5.74, 6) is 1.17. The summed E-state index contributed by atoms with van der Waals surface area (Å²) >= 11 is 0. The molecular formula is C26H31N. The molecule has 140 valence electrons. The van der Waals surface area contributed by atoms with E-state index in [0.717, 1.165) is 0 Å². The molecule has 27 heavy (non-hydrogen) atoms. The Bertz CT molecular complexity index is 856. The number of hydrogen-bond acceptors (Lipinski definition) is 1. The fourth-order valence-corrected chi connectivity index (χ4v) is 5.05. The van der Waals surface area contributed by atoms with Crippen molar-refractivity contribution in [2.75, 3.05) is 11.9 Å². The van der Waals surface area contributed by atoms with Crippen LogP contribution in [0.1, 0.15) is 44.2 Å². The molecule has 0 radical (unpaired) electrons. The Hall–Kier alpha value is -2.28. The second kappa shape index (κ2) is 7.03. The summed E-state index contributed by atoms with van der Waals surface area (Å²) < 4.78 is 0. The van der Waals surface area contributed by atoms with E-state index >= 15 is 0 Å². The van der Waals surface area contributed by atoms with E-state index in [4.69, 9.17) is 0 Å². The predicted octanol–water partition coefficient (Wildman–Crippen LogP) is 7.16. The predicted molar refractivity (Wildman–Crippen MR) is 117 cm³/mol. The zero-order chi connectivity index (χ0) is 19.0. The fourth-order valence-electron chi connectivity index (χ4n) is 5.05. The van der Waals surface area contributed by atoms with Crippen LogP contribution in [0.2, 0.25) is 0 Å². The van der Waals surface area contributed by atoms with E-state index in [9.17, 15) is 0 Å². The van der Waals surface area contributed by atoms with Crippen LogP contribution in [0.5, 0.6) is 0 Å². The second-order valence-corrected chi connectivity index (χ2v) is 8.70. The normalized spacial score (nSPS) is 26.1. The molecule has 0 amide bonds. The summed E-state index contributed by atoms with van der Waals surface area (Å²) in [5, 5.41) is 0. The van der Waals surface area contributed by atoms with Crippen LogP contribution in [0.3, 0.4) is 0 Å². The monoisotopic (exact) mass is 357 g/mol. The maximum atomic E-state index is 2.51. The Morgan fingerprint density at radius 3 is 2.19 bits per heavy atom. The molecule has 2 aromatic carbocycles. The third kappa shape index (κ3) is 3.36. The minimum Gasteiger partial charge on any atom is -0.345 e. The molecule has 2 aromatic rings. The van der Waals surface area contributed by atoms with Gasteiger partial charge in [-0.15, -0.1) is 0 Å². The van der Waals surface area contributed by atoms with Gasteiger partial charge in [0.15, 0.2) is 0 Å². The zero-order valence-electron chi connectivity index (χ0n) is 17.1. The molecule has 5 rings (SSSR count). The molecule has 0 saturated heterocycles. The highest BCUT2D eigenvalue weighted by molar-refractivity contribution is 5.74. The topological polar surface area (TPSA) is 3.24 Å². The summed E-state index contributed by atoms with van der Waals surface area (Å²) in [5.41, 5.74) is 7.09. The third-order valence-corrected chi connectivity index (χ3v) is 6.56. The van der Waals surface area contributed by atoms with E-state index < -0.39 is 0 Å². The van der Waals surface area contributed by atoms with E-state index in [1.165, 1.54) is 47.3 Å². The van der Waals surface area contributed by atoms with Crippen LogP contribution in [-0.4, -0.2) is 7.05 Å². The van der Waals surface area contributed by atoms with Gasteiger partial charge in [-0.25, -0.2) is 0 Å². The Morgan fingerprint density at radius 1 is 0.963 bits per heavy atom. The largest absolute Gasteiger partial charge is 0.345 e. The fraction of sp³-hybridized carbons (Fsp3) is 0.385. The van der Waals surface area contributed by atoms with Crippen molar-refractivity contribution in [3.63, 3.8) is 0 Å². The lowest BCUT2D eigenvalue weighted by atomic mass is 9.58. The summed E-state index contributed by atoms with van der Waals surface area (Å²) in [7, 11) is 2.14. The van der Waals surface area contributed by atoms with Crippen LogP contribution in [0.4, 0.5) is 11.4 Å². The van der Waals surface area contributed by atoms with Gasteiger partial charge in [0.1, 0.15) is 0 Å². The quantitative estimate of drug-likeness (QED) is 0.513. The van der Waals surface area contributed by atoms with Crippen LogP contribution in [0, 0.1) is 24.2 Å². The van der Waals surface area contributed by atoms with E-state index in [1.54, 1.807) is 0 Å². The molecule has 3 atom stereocenters.